The maximum absolute atomic E-state index is 11.3. The summed E-state index contributed by atoms with van der Waals surface area (Å²) in [5, 5.41) is 0. The largest absolute Gasteiger partial charge is 0.0656 e. The topological polar surface area (TPSA) is 20.3 Å². The molecule has 2 nitrogen and oxygen atoms in total. The monoisotopic (exact) mass is 247 g/mol. The first-order chi connectivity index (χ1) is 7.13. The predicted molar refractivity (Wildman–Crippen MR) is 59.4 cm³/mol. The average Bonchev–Trinajstić information content (AvgIpc) is 2.76. The molecule has 86 valence electrons. The van der Waals surface area contributed by atoms with Crippen LogP contribution in [-0.4, -0.2) is 28.3 Å². The van der Waals surface area contributed by atoms with Crippen molar-refractivity contribution in [3.63, 3.8) is 0 Å². The smallest absolute Gasteiger partial charge is 0.0590 e. The molecule has 2 fully saturated rings. The molecule has 1 saturated heterocycles. The van der Waals surface area contributed by atoms with Gasteiger partial charge in [-0.3, -0.25) is 0 Å². The summed E-state index contributed by atoms with van der Waals surface area (Å²) >= 11 is 2.67. The van der Waals surface area contributed by atoms with Crippen LogP contribution in [0.3, 0.4) is 0 Å². The second-order valence-electron chi connectivity index (χ2n) is 4.68. The van der Waals surface area contributed by atoms with Gasteiger partial charge in [-0.2, -0.15) is 0 Å². The summed E-state index contributed by atoms with van der Waals surface area (Å²) in [6, 6.07) is 0.544. The molecule has 15 heavy (non-hydrogen) atoms. The van der Waals surface area contributed by atoms with Crippen molar-refractivity contribution in [2.75, 3.05) is 6.54 Å². The first-order valence-electron chi connectivity index (χ1n) is 5.89. The third kappa shape index (κ3) is 2.92. The van der Waals surface area contributed by atoms with Gasteiger partial charge in [-0.15, -0.1) is 0 Å². The van der Waals surface area contributed by atoms with Crippen LogP contribution in [0.25, 0.3) is 0 Å². The van der Waals surface area contributed by atoms with E-state index in [0.717, 1.165) is 18.4 Å². The minimum atomic E-state index is 0.175. The second-order valence-corrected chi connectivity index (χ2v) is 5.05. The van der Waals surface area contributed by atoms with E-state index in [9.17, 15) is 4.79 Å². The number of carbonyl (C=O) groups is 1. The molecule has 2 aliphatic rings. The van der Waals surface area contributed by atoms with Crippen LogP contribution in [-0.2, 0) is 20.6 Å². The molecule has 3 atom stereocenters. The molecule has 2 bridgehead atoms. The summed E-state index contributed by atoms with van der Waals surface area (Å²) in [4.78, 5) is 14.9. The molecule has 1 heterocycles. The Hall–Kier alpha value is -0.128. The van der Waals surface area contributed by atoms with Gasteiger partial charge in [0.05, 0.1) is 0 Å². The average molecular weight is 247 g/mol. The van der Waals surface area contributed by atoms with Crippen LogP contribution in [0.5, 0.6) is 0 Å². The van der Waals surface area contributed by atoms with Crippen molar-refractivity contribution in [3.05, 3.63) is 0 Å². The molecule has 1 amide bonds. The summed E-state index contributed by atoms with van der Waals surface area (Å²) in [6.45, 7) is 7.54. The minimum absolute atomic E-state index is 0.175. The first kappa shape index (κ1) is 12.9. The van der Waals surface area contributed by atoms with Gasteiger partial charge in [-0.05, 0) is 0 Å². The van der Waals surface area contributed by atoms with E-state index in [1.54, 1.807) is 4.88 Å². The van der Waals surface area contributed by atoms with Gasteiger partial charge < -0.3 is 0 Å². The summed E-state index contributed by atoms with van der Waals surface area (Å²) in [5.41, 5.74) is 0. The van der Waals surface area contributed by atoms with Gasteiger partial charge in [-0.25, -0.2) is 0 Å². The van der Waals surface area contributed by atoms with Crippen LogP contribution in [0.4, 0.5) is 0 Å². The Balaban J connectivity index is 0.000000337. The Morgan fingerprint density at radius 1 is 1.47 bits per heavy atom. The Labute approximate surface area is 101 Å². The van der Waals surface area contributed by atoms with Crippen molar-refractivity contribution < 1.29 is 20.6 Å². The van der Waals surface area contributed by atoms with Gasteiger partial charge in [0.15, 0.2) is 0 Å². The van der Waals surface area contributed by atoms with Crippen LogP contribution in [0.2, 0.25) is 0 Å². The number of likely N-dealkylation sites (tertiary alicyclic amines) is 1. The molecule has 0 radical (unpaired) electrons. The van der Waals surface area contributed by atoms with E-state index in [1.807, 2.05) is 4.90 Å². The zero-order chi connectivity index (χ0) is 11.4. The van der Waals surface area contributed by atoms with Crippen molar-refractivity contribution in [3.8, 4) is 0 Å². The number of piperidine rings is 1. The zero-order valence-electron chi connectivity index (χ0n) is 9.90. The summed E-state index contributed by atoms with van der Waals surface area (Å²) in [6.07, 6.45) is 3.70. The zero-order valence-corrected chi connectivity index (χ0v) is 11.2. The molecule has 3 unspecified atom stereocenters. The van der Waals surface area contributed by atoms with E-state index in [4.69, 9.17) is 0 Å². The second kappa shape index (κ2) is 5.82. The minimum Gasteiger partial charge on any atom is -0.0656 e. The standard InChI is InChI=1S/C9H13NO.C3H8.Cr/c1-6-3-9-4-8(6)5-10(9)7(2)11;1-3-2;/h2,6,8-9H,3-5H2,1H3;3H2,1-2H3;. The van der Waals surface area contributed by atoms with Crippen molar-refractivity contribution in [1.29, 1.82) is 0 Å². The first-order valence-corrected chi connectivity index (χ1v) is 6.63. The number of amides is 1. The molecule has 1 aliphatic heterocycles. The third-order valence-electron chi connectivity index (χ3n) is 3.28. The molecule has 1 aliphatic carbocycles. The number of hydrogen-bond donors (Lipinski definition) is 0. The number of hydrogen-bond acceptors (Lipinski definition) is 1. The fraction of sp³-hybridized carbons (Fsp3) is 0.833. The van der Waals surface area contributed by atoms with Crippen LogP contribution >= 0.6 is 0 Å². The molecule has 0 aromatic carbocycles. The third-order valence-corrected chi connectivity index (χ3v) is 3.59. The summed E-state index contributed by atoms with van der Waals surface area (Å²) in [7, 11) is 0. The Morgan fingerprint density at radius 3 is 2.40 bits per heavy atom. The van der Waals surface area contributed by atoms with Crippen LogP contribution in [0, 0.1) is 11.8 Å². The van der Waals surface area contributed by atoms with Crippen LogP contribution < -0.4 is 0 Å². The Morgan fingerprint density at radius 2 is 2.07 bits per heavy atom. The fourth-order valence-corrected chi connectivity index (χ4v) is 2.76. The molecule has 0 N–H and O–H groups in total. The van der Waals surface area contributed by atoms with Crippen molar-refractivity contribution in [1.82, 2.24) is 4.90 Å². The molecular weight excluding hydrogens is 226 g/mol. The van der Waals surface area contributed by atoms with Gasteiger partial charge in [0.1, 0.15) is 0 Å². The van der Waals surface area contributed by atoms with E-state index >= 15 is 0 Å². The van der Waals surface area contributed by atoms with Crippen molar-refractivity contribution in [2.45, 2.75) is 46.1 Å². The molecule has 2 rings (SSSR count). The van der Waals surface area contributed by atoms with E-state index in [1.165, 1.54) is 19.3 Å². The predicted octanol–water partition coefficient (Wildman–Crippen LogP) is 2.01. The van der Waals surface area contributed by atoms with Crippen molar-refractivity contribution >= 4 is 10.8 Å². The molecular formula is C12H21CrNO. The summed E-state index contributed by atoms with van der Waals surface area (Å²) in [5.74, 6) is 1.79. The van der Waals surface area contributed by atoms with Gasteiger partial charge in [0.2, 0.25) is 0 Å². The fourth-order valence-electron chi connectivity index (χ4n) is 2.55. The van der Waals surface area contributed by atoms with Crippen molar-refractivity contribution in [2.24, 2.45) is 11.8 Å². The molecule has 0 aromatic heterocycles. The number of fused-ring (bicyclic) bond motifs is 2. The maximum Gasteiger partial charge on any atom is -0.0590 e. The van der Waals surface area contributed by atoms with Gasteiger partial charge >= 0.3 is 80.5 Å². The van der Waals surface area contributed by atoms with E-state index in [2.05, 4.69) is 36.6 Å². The molecule has 3 heteroatoms. The molecule has 0 spiro atoms. The van der Waals surface area contributed by atoms with Gasteiger partial charge in [0, 0.05) is 0 Å². The SMILES string of the molecule is CC1CC2CC1CN2C(=O)[CH]=[Cr].CCC. The van der Waals surface area contributed by atoms with E-state index in [-0.39, 0.29) is 5.91 Å². The van der Waals surface area contributed by atoms with Crippen LogP contribution in [0.1, 0.15) is 40.0 Å². The number of rotatable bonds is 1. The van der Waals surface area contributed by atoms with Crippen LogP contribution in [0.15, 0.2) is 0 Å². The van der Waals surface area contributed by atoms with Gasteiger partial charge in [-0.1, -0.05) is 20.3 Å². The summed E-state index contributed by atoms with van der Waals surface area (Å²) < 4.78 is 0. The Kier molecular flexibility index (Phi) is 5.02. The van der Waals surface area contributed by atoms with E-state index in [0.29, 0.717) is 6.04 Å². The molecule has 0 aromatic rings. The number of nitrogens with zero attached hydrogens (tertiary/aromatic N) is 1. The number of carbonyl (C=O) groups excluding carboxylic acids is 1. The Bertz CT molecular complexity index is 240. The molecule has 1 saturated carbocycles. The maximum atomic E-state index is 11.3. The normalized spacial score (nSPS) is 32.2. The van der Waals surface area contributed by atoms with E-state index < -0.39 is 0 Å². The van der Waals surface area contributed by atoms with Gasteiger partial charge in [0.25, 0.3) is 0 Å². The quantitative estimate of drug-likeness (QED) is 0.694.